The van der Waals surface area contributed by atoms with Crippen molar-refractivity contribution in [3.63, 3.8) is 0 Å². The van der Waals surface area contributed by atoms with E-state index in [4.69, 9.17) is 15.6 Å². The number of carboxylic acids is 1. The van der Waals surface area contributed by atoms with Crippen LogP contribution in [-0.2, 0) is 4.79 Å². The first-order chi connectivity index (χ1) is 8.10. The third-order valence-electron chi connectivity index (χ3n) is 2.48. The summed E-state index contributed by atoms with van der Waals surface area (Å²) in [5, 5.41) is 9.00. The van der Waals surface area contributed by atoms with Gasteiger partial charge in [0, 0.05) is 23.6 Å². The quantitative estimate of drug-likeness (QED) is 0.810. The highest BCUT2D eigenvalue weighted by Gasteiger charge is 2.15. The van der Waals surface area contributed by atoms with Gasteiger partial charge in [0.2, 0.25) is 0 Å². The molecule has 1 aromatic carbocycles. The van der Waals surface area contributed by atoms with Crippen LogP contribution >= 0.6 is 0 Å². The van der Waals surface area contributed by atoms with Crippen molar-refractivity contribution in [3.05, 3.63) is 29.3 Å². The van der Waals surface area contributed by atoms with Crippen LogP contribution in [0, 0.1) is 0 Å². The number of nitrogens with zero attached hydrogens (tertiary/aromatic N) is 1. The number of aliphatic carboxylic acids is 1. The minimum Gasteiger partial charge on any atom is -0.497 e. The first kappa shape index (κ1) is 11.2. The summed E-state index contributed by atoms with van der Waals surface area (Å²) < 4.78 is 5.08. The first-order valence-electron chi connectivity index (χ1n) is 5.05. The van der Waals surface area contributed by atoms with Gasteiger partial charge in [-0.25, -0.2) is 9.79 Å². The van der Waals surface area contributed by atoms with Gasteiger partial charge >= 0.3 is 5.97 Å². The molecule has 1 aromatic rings. The molecule has 1 heterocycles. The molecule has 0 bridgehead atoms. The van der Waals surface area contributed by atoms with Crippen LogP contribution < -0.4 is 10.5 Å². The summed E-state index contributed by atoms with van der Waals surface area (Å²) in [5.74, 6) is -0.0371. The van der Waals surface area contributed by atoms with Gasteiger partial charge in [-0.3, -0.25) is 0 Å². The molecular formula is C12H12N2O3. The van der Waals surface area contributed by atoms with E-state index in [1.54, 1.807) is 31.4 Å². The van der Waals surface area contributed by atoms with Crippen molar-refractivity contribution in [3.8, 4) is 5.75 Å². The van der Waals surface area contributed by atoms with Gasteiger partial charge in [-0.2, -0.15) is 0 Å². The molecule has 0 aliphatic carbocycles. The molecule has 0 fully saturated rings. The van der Waals surface area contributed by atoms with Crippen LogP contribution in [0.3, 0.4) is 0 Å². The maximum atomic E-state index is 11.0. The van der Waals surface area contributed by atoms with E-state index in [1.165, 1.54) is 0 Å². The fourth-order valence-corrected chi connectivity index (χ4v) is 1.63. The zero-order valence-corrected chi connectivity index (χ0v) is 9.30. The van der Waals surface area contributed by atoms with Gasteiger partial charge in [0.25, 0.3) is 0 Å². The fraction of sp³-hybridized carbons (Fsp3) is 0.167. The summed E-state index contributed by atoms with van der Waals surface area (Å²) in [4.78, 5) is 15.2. The number of aliphatic imine (C=N–C) groups is 1. The van der Waals surface area contributed by atoms with E-state index in [0.717, 1.165) is 5.56 Å². The molecule has 88 valence electrons. The van der Waals surface area contributed by atoms with E-state index in [-0.39, 0.29) is 17.8 Å². The van der Waals surface area contributed by atoms with E-state index < -0.39 is 5.97 Å². The third kappa shape index (κ3) is 2.28. The van der Waals surface area contributed by atoms with Crippen molar-refractivity contribution in [1.29, 1.82) is 0 Å². The lowest BCUT2D eigenvalue weighted by atomic mass is 10.1. The van der Waals surface area contributed by atoms with Crippen molar-refractivity contribution in [1.82, 2.24) is 0 Å². The summed E-state index contributed by atoms with van der Waals surface area (Å²) in [5.41, 5.74) is 7.25. The van der Waals surface area contributed by atoms with E-state index in [1.807, 2.05) is 0 Å². The topological polar surface area (TPSA) is 84.9 Å². The summed E-state index contributed by atoms with van der Waals surface area (Å²) in [6.07, 6.45) is 1.73. The number of amidine groups is 1. The van der Waals surface area contributed by atoms with Gasteiger partial charge < -0.3 is 15.6 Å². The van der Waals surface area contributed by atoms with Gasteiger partial charge in [0.15, 0.2) is 0 Å². The zero-order valence-electron chi connectivity index (χ0n) is 9.30. The Hall–Kier alpha value is -2.30. The Labute approximate surface area is 98.2 Å². The lowest BCUT2D eigenvalue weighted by Crippen LogP contribution is -2.14. The normalized spacial score (nSPS) is 14.2. The summed E-state index contributed by atoms with van der Waals surface area (Å²) in [6.45, 7) is 0. The SMILES string of the molecule is COc1ccc2c(c1)N=C(N)CC(C(=O)O)=C2. The smallest absolute Gasteiger partial charge is 0.332 e. The van der Waals surface area contributed by atoms with Crippen LogP contribution in [0.5, 0.6) is 5.75 Å². The molecule has 1 aliphatic rings. The second-order valence-corrected chi connectivity index (χ2v) is 3.68. The van der Waals surface area contributed by atoms with E-state index >= 15 is 0 Å². The predicted octanol–water partition coefficient (Wildman–Crippen LogP) is 1.56. The number of fused-ring (bicyclic) bond motifs is 1. The molecule has 0 unspecified atom stereocenters. The summed E-state index contributed by atoms with van der Waals surface area (Å²) in [6, 6.07) is 5.24. The molecule has 5 heteroatoms. The highest BCUT2D eigenvalue weighted by atomic mass is 16.5. The zero-order chi connectivity index (χ0) is 12.4. The summed E-state index contributed by atoms with van der Waals surface area (Å²) >= 11 is 0. The van der Waals surface area contributed by atoms with Crippen molar-refractivity contribution < 1.29 is 14.6 Å². The molecule has 0 radical (unpaired) electrons. The standard InChI is InChI=1S/C12H12N2O3/c1-17-9-3-2-7-4-8(12(15)16)5-11(13)14-10(7)6-9/h2-4,6H,5H2,1H3,(H2,13,14)(H,15,16). The second-order valence-electron chi connectivity index (χ2n) is 3.68. The fourth-order valence-electron chi connectivity index (χ4n) is 1.63. The minimum atomic E-state index is -0.980. The monoisotopic (exact) mass is 232 g/mol. The number of nitrogens with two attached hydrogens (primary N) is 1. The van der Waals surface area contributed by atoms with Crippen LogP contribution in [0.4, 0.5) is 5.69 Å². The maximum absolute atomic E-state index is 11.0. The lowest BCUT2D eigenvalue weighted by Gasteiger charge is -2.03. The average Bonchev–Trinajstić information content (AvgIpc) is 2.45. The van der Waals surface area contributed by atoms with E-state index in [9.17, 15) is 4.79 Å². The van der Waals surface area contributed by atoms with Crippen LogP contribution in [0.25, 0.3) is 6.08 Å². The largest absolute Gasteiger partial charge is 0.497 e. The molecule has 0 saturated heterocycles. The molecule has 1 aliphatic heterocycles. The predicted molar refractivity (Wildman–Crippen MR) is 64.5 cm³/mol. The number of carboxylic acid groups (broad SMARTS) is 1. The average molecular weight is 232 g/mol. The van der Waals surface area contributed by atoms with Gasteiger partial charge in [-0.1, -0.05) is 0 Å². The van der Waals surface area contributed by atoms with Crippen molar-refractivity contribution >= 4 is 23.6 Å². The van der Waals surface area contributed by atoms with Gasteiger partial charge in [0.05, 0.1) is 12.8 Å². The molecule has 0 aromatic heterocycles. The number of hydrogen-bond acceptors (Lipinski definition) is 4. The molecule has 0 amide bonds. The molecule has 0 spiro atoms. The van der Waals surface area contributed by atoms with Crippen LogP contribution in [0.2, 0.25) is 0 Å². The Morgan fingerprint density at radius 2 is 2.29 bits per heavy atom. The molecule has 0 saturated carbocycles. The number of benzene rings is 1. The van der Waals surface area contributed by atoms with Crippen LogP contribution in [-0.4, -0.2) is 24.0 Å². The molecular weight excluding hydrogens is 220 g/mol. The lowest BCUT2D eigenvalue weighted by molar-refractivity contribution is -0.132. The van der Waals surface area contributed by atoms with Crippen LogP contribution in [0.1, 0.15) is 12.0 Å². The molecule has 5 nitrogen and oxygen atoms in total. The van der Waals surface area contributed by atoms with Gasteiger partial charge in [0.1, 0.15) is 11.6 Å². The highest BCUT2D eigenvalue weighted by molar-refractivity contribution is 6.02. The van der Waals surface area contributed by atoms with Gasteiger partial charge in [-0.05, 0) is 18.2 Å². The molecule has 0 atom stereocenters. The highest BCUT2D eigenvalue weighted by Crippen LogP contribution is 2.30. The Morgan fingerprint density at radius 1 is 1.53 bits per heavy atom. The number of hydrogen-bond donors (Lipinski definition) is 2. The van der Waals surface area contributed by atoms with Gasteiger partial charge in [-0.15, -0.1) is 0 Å². The second kappa shape index (κ2) is 4.29. The Morgan fingerprint density at radius 3 is 2.94 bits per heavy atom. The number of carbonyl (C=O) groups is 1. The Kier molecular flexibility index (Phi) is 2.82. The van der Waals surface area contributed by atoms with Crippen molar-refractivity contribution in [2.24, 2.45) is 10.7 Å². The van der Waals surface area contributed by atoms with Crippen molar-refractivity contribution in [2.75, 3.05) is 7.11 Å². The number of methoxy groups -OCH3 is 1. The van der Waals surface area contributed by atoms with Crippen LogP contribution in [0.15, 0.2) is 28.8 Å². The Bertz CT molecular complexity index is 533. The number of ether oxygens (including phenoxy) is 1. The first-order valence-corrected chi connectivity index (χ1v) is 5.05. The third-order valence-corrected chi connectivity index (χ3v) is 2.48. The molecule has 17 heavy (non-hydrogen) atoms. The minimum absolute atomic E-state index is 0.145. The van der Waals surface area contributed by atoms with E-state index in [0.29, 0.717) is 11.4 Å². The van der Waals surface area contributed by atoms with E-state index in [2.05, 4.69) is 4.99 Å². The number of rotatable bonds is 2. The maximum Gasteiger partial charge on any atom is 0.332 e. The Balaban J connectivity index is 2.56. The summed E-state index contributed by atoms with van der Waals surface area (Å²) in [7, 11) is 1.56. The van der Waals surface area contributed by atoms with Crippen molar-refractivity contribution in [2.45, 2.75) is 6.42 Å². The molecule has 2 rings (SSSR count). The molecule has 3 N–H and O–H groups in total.